The molecule has 0 aliphatic heterocycles. The number of benzene rings is 2. The molecule has 29 heavy (non-hydrogen) atoms. The van der Waals surface area contributed by atoms with Gasteiger partial charge in [-0.05, 0) is 18.2 Å². The number of nitro benzene ring substituents is 1. The molecule has 3 rings (SSSR count). The minimum Gasteiger partial charge on any atom is -0.443 e. The number of aromatic nitrogens is 1. The number of nitrogens with zero attached hydrogens (tertiary/aromatic N) is 2. The third-order valence-electron chi connectivity index (χ3n) is 4.14. The van der Waals surface area contributed by atoms with Crippen LogP contribution in [0.2, 0.25) is 5.02 Å². The van der Waals surface area contributed by atoms with Crippen molar-refractivity contribution in [3.63, 3.8) is 0 Å². The minimum atomic E-state index is -1.25. The molecule has 8 nitrogen and oxygen atoms in total. The number of rotatable bonds is 6. The number of carbonyl (C=O) groups is 2. The van der Waals surface area contributed by atoms with Crippen molar-refractivity contribution in [3.05, 3.63) is 93.3 Å². The van der Waals surface area contributed by atoms with E-state index in [0.717, 1.165) is 6.07 Å². The zero-order chi connectivity index (χ0) is 21.0. The number of hydrogen-bond acceptors (Lipinski definition) is 5. The van der Waals surface area contributed by atoms with Crippen molar-refractivity contribution in [2.75, 3.05) is 5.32 Å². The second kappa shape index (κ2) is 8.57. The molecule has 0 bridgehead atoms. The van der Waals surface area contributed by atoms with Gasteiger partial charge in [-0.2, -0.15) is 0 Å². The van der Waals surface area contributed by atoms with Gasteiger partial charge in [0.05, 0.1) is 15.6 Å². The molecule has 2 aromatic carbocycles. The maximum absolute atomic E-state index is 12.9. The summed E-state index contributed by atoms with van der Waals surface area (Å²) in [5, 5.41) is 13.4. The average Bonchev–Trinajstić information content (AvgIpc) is 3.14. The number of nitro groups is 1. The first-order valence-corrected chi connectivity index (χ1v) is 8.86. The maximum atomic E-state index is 12.9. The number of esters is 1. The van der Waals surface area contributed by atoms with E-state index in [1.165, 1.54) is 12.1 Å². The number of nitrogens with one attached hydrogen (secondary N) is 1. The molecule has 1 atom stereocenters. The van der Waals surface area contributed by atoms with Crippen molar-refractivity contribution in [3.8, 4) is 0 Å². The Kier molecular flexibility index (Phi) is 5.94. The normalized spacial score (nSPS) is 11.5. The van der Waals surface area contributed by atoms with E-state index in [-0.39, 0.29) is 22.1 Å². The monoisotopic (exact) mass is 413 g/mol. The van der Waals surface area contributed by atoms with Crippen LogP contribution in [0.5, 0.6) is 0 Å². The maximum Gasteiger partial charge on any atom is 0.356 e. The molecule has 1 amide bonds. The molecule has 0 unspecified atom stereocenters. The zero-order valence-electron chi connectivity index (χ0n) is 15.2. The molecular weight excluding hydrogens is 398 g/mol. The molecule has 1 heterocycles. The fourth-order valence-electron chi connectivity index (χ4n) is 2.66. The summed E-state index contributed by atoms with van der Waals surface area (Å²) in [4.78, 5) is 35.7. The fraction of sp³-hybridized carbons (Fsp3) is 0.100. The van der Waals surface area contributed by atoms with Gasteiger partial charge >= 0.3 is 5.97 Å². The van der Waals surface area contributed by atoms with Gasteiger partial charge in [0.1, 0.15) is 5.69 Å². The van der Waals surface area contributed by atoms with E-state index in [1.54, 1.807) is 60.3 Å². The lowest BCUT2D eigenvalue weighted by molar-refractivity contribution is -0.384. The highest BCUT2D eigenvalue weighted by Gasteiger charge is 2.27. The first-order chi connectivity index (χ1) is 13.9. The highest BCUT2D eigenvalue weighted by Crippen LogP contribution is 2.28. The van der Waals surface area contributed by atoms with Crippen molar-refractivity contribution in [2.45, 2.75) is 6.10 Å². The Labute approximate surface area is 170 Å². The summed E-state index contributed by atoms with van der Waals surface area (Å²) in [6, 6.07) is 15.4. The minimum absolute atomic E-state index is 0.00637. The molecule has 0 fully saturated rings. The van der Waals surface area contributed by atoms with Gasteiger partial charge in [0.15, 0.2) is 0 Å². The SMILES string of the molecule is Cn1cccc1C(=O)O[C@@H](C(=O)Nc1ccc([N+](=O)[O-])cc1Cl)c1ccccc1. The van der Waals surface area contributed by atoms with E-state index in [0.29, 0.717) is 5.56 Å². The number of ether oxygens (including phenoxy) is 1. The van der Waals surface area contributed by atoms with E-state index in [1.807, 2.05) is 0 Å². The quantitative estimate of drug-likeness (QED) is 0.372. The molecule has 0 saturated carbocycles. The third-order valence-corrected chi connectivity index (χ3v) is 4.45. The lowest BCUT2D eigenvalue weighted by atomic mass is 10.1. The Morgan fingerprint density at radius 2 is 1.86 bits per heavy atom. The Morgan fingerprint density at radius 1 is 1.14 bits per heavy atom. The molecule has 1 N–H and O–H groups in total. The first-order valence-electron chi connectivity index (χ1n) is 8.49. The van der Waals surface area contributed by atoms with Crippen LogP contribution in [0, 0.1) is 10.1 Å². The van der Waals surface area contributed by atoms with Crippen molar-refractivity contribution in [1.82, 2.24) is 4.57 Å². The number of anilines is 1. The van der Waals surface area contributed by atoms with Crippen LogP contribution in [-0.2, 0) is 16.6 Å². The van der Waals surface area contributed by atoms with E-state index in [9.17, 15) is 19.7 Å². The Morgan fingerprint density at radius 3 is 2.45 bits per heavy atom. The Hall–Kier alpha value is -3.65. The molecule has 9 heteroatoms. The molecule has 0 aliphatic rings. The topological polar surface area (TPSA) is 103 Å². The number of hydrogen-bond donors (Lipinski definition) is 1. The standard InChI is InChI=1S/C20H16ClN3O5/c1-23-11-5-8-17(23)20(26)29-18(13-6-3-2-4-7-13)19(25)22-16-10-9-14(24(27)28)12-15(16)21/h2-12,18H,1H3,(H,22,25)/t18-/m1/s1. The van der Waals surface area contributed by atoms with Crippen LogP contribution < -0.4 is 5.32 Å². The molecule has 0 spiro atoms. The highest BCUT2D eigenvalue weighted by atomic mass is 35.5. The van der Waals surface area contributed by atoms with Crippen LogP contribution in [0.3, 0.4) is 0 Å². The second-order valence-electron chi connectivity index (χ2n) is 6.11. The lowest BCUT2D eigenvalue weighted by Crippen LogP contribution is -2.26. The van der Waals surface area contributed by atoms with Gasteiger partial charge in [0, 0.05) is 30.9 Å². The molecule has 0 aliphatic carbocycles. The van der Waals surface area contributed by atoms with Gasteiger partial charge in [-0.25, -0.2) is 4.79 Å². The summed E-state index contributed by atoms with van der Waals surface area (Å²) in [6.45, 7) is 0. The Bertz CT molecular complexity index is 1060. The third kappa shape index (κ3) is 4.61. The predicted molar refractivity (Wildman–Crippen MR) is 107 cm³/mol. The summed E-state index contributed by atoms with van der Waals surface area (Å²) in [5.74, 6) is -1.31. The van der Waals surface area contributed by atoms with Crippen LogP contribution in [0.15, 0.2) is 66.9 Å². The van der Waals surface area contributed by atoms with Gasteiger partial charge in [-0.1, -0.05) is 41.9 Å². The van der Waals surface area contributed by atoms with Crippen molar-refractivity contribution >= 4 is 34.9 Å². The number of amides is 1. The van der Waals surface area contributed by atoms with Crippen LogP contribution in [0.25, 0.3) is 0 Å². The van der Waals surface area contributed by atoms with E-state index in [2.05, 4.69) is 5.32 Å². The summed E-state index contributed by atoms with van der Waals surface area (Å²) in [5.41, 5.74) is 0.707. The van der Waals surface area contributed by atoms with E-state index >= 15 is 0 Å². The Balaban J connectivity index is 1.86. The van der Waals surface area contributed by atoms with Crippen LogP contribution >= 0.6 is 11.6 Å². The summed E-state index contributed by atoms with van der Waals surface area (Å²) in [6.07, 6.45) is 0.440. The van der Waals surface area contributed by atoms with E-state index < -0.39 is 22.9 Å². The molecular formula is C20H16ClN3O5. The van der Waals surface area contributed by atoms with Gasteiger partial charge in [-0.15, -0.1) is 0 Å². The van der Waals surface area contributed by atoms with Gasteiger partial charge in [0.25, 0.3) is 11.6 Å². The van der Waals surface area contributed by atoms with Gasteiger partial charge < -0.3 is 14.6 Å². The van der Waals surface area contributed by atoms with Crippen LogP contribution in [0.4, 0.5) is 11.4 Å². The van der Waals surface area contributed by atoms with Crippen molar-refractivity contribution in [2.24, 2.45) is 7.05 Å². The molecule has 1 aromatic heterocycles. The van der Waals surface area contributed by atoms with E-state index in [4.69, 9.17) is 16.3 Å². The van der Waals surface area contributed by atoms with Gasteiger partial charge in [0.2, 0.25) is 6.10 Å². The zero-order valence-corrected chi connectivity index (χ0v) is 16.0. The predicted octanol–water partition coefficient (Wildman–Crippen LogP) is 4.12. The second-order valence-corrected chi connectivity index (χ2v) is 6.52. The number of aryl methyl sites for hydroxylation is 1. The number of halogens is 1. The molecule has 0 radical (unpaired) electrons. The summed E-state index contributed by atoms with van der Waals surface area (Å²) >= 11 is 6.05. The first kappa shape index (κ1) is 20.1. The molecule has 3 aromatic rings. The van der Waals surface area contributed by atoms with Crippen LogP contribution in [0.1, 0.15) is 22.2 Å². The molecule has 0 saturated heterocycles. The largest absolute Gasteiger partial charge is 0.443 e. The summed E-state index contributed by atoms with van der Waals surface area (Å²) in [7, 11) is 1.69. The number of carbonyl (C=O) groups excluding carboxylic acids is 2. The smallest absolute Gasteiger partial charge is 0.356 e. The van der Waals surface area contributed by atoms with Crippen molar-refractivity contribution < 1.29 is 19.2 Å². The van der Waals surface area contributed by atoms with Crippen molar-refractivity contribution in [1.29, 1.82) is 0 Å². The van der Waals surface area contributed by atoms with Gasteiger partial charge in [-0.3, -0.25) is 14.9 Å². The highest BCUT2D eigenvalue weighted by molar-refractivity contribution is 6.34. The fourth-order valence-corrected chi connectivity index (χ4v) is 2.88. The summed E-state index contributed by atoms with van der Waals surface area (Å²) < 4.78 is 7.05. The lowest BCUT2D eigenvalue weighted by Gasteiger charge is -2.18. The van der Waals surface area contributed by atoms with Crippen LogP contribution in [-0.4, -0.2) is 21.4 Å². The number of non-ortho nitro benzene ring substituents is 1. The molecule has 148 valence electrons. The average molecular weight is 414 g/mol.